The van der Waals surface area contributed by atoms with Crippen LogP contribution < -0.4 is 5.32 Å². The summed E-state index contributed by atoms with van der Waals surface area (Å²) in [7, 11) is 0. The molecule has 0 unspecified atom stereocenters. The van der Waals surface area contributed by atoms with Crippen molar-refractivity contribution in [2.45, 2.75) is 45.6 Å². The fourth-order valence-corrected chi connectivity index (χ4v) is 1.78. The Morgan fingerprint density at radius 1 is 1.44 bits per heavy atom. The van der Waals surface area contributed by atoms with Crippen LogP contribution in [0.1, 0.15) is 40.0 Å². The molecule has 0 heterocycles. The Balaban J connectivity index is 2.18. The second-order valence-corrected chi connectivity index (χ2v) is 5.66. The zero-order valence-corrected chi connectivity index (χ0v) is 11.3. The third-order valence-electron chi connectivity index (χ3n) is 2.76. The average Bonchev–Trinajstić information content (AvgIpc) is 3.00. The van der Waals surface area contributed by atoms with Crippen molar-refractivity contribution in [1.82, 2.24) is 5.32 Å². The van der Waals surface area contributed by atoms with Gasteiger partial charge >= 0.3 is 6.09 Å². The largest absolute Gasteiger partial charge is 0.444 e. The number of carbonyl (C=O) groups excluding carboxylic acids is 2. The molecule has 18 heavy (non-hydrogen) atoms. The lowest BCUT2D eigenvalue weighted by Crippen LogP contribution is -2.33. The zero-order chi connectivity index (χ0) is 13.8. The van der Waals surface area contributed by atoms with Crippen molar-refractivity contribution in [3.63, 3.8) is 0 Å². The van der Waals surface area contributed by atoms with Gasteiger partial charge in [0.15, 0.2) is 0 Å². The van der Waals surface area contributed by atoms with Gasteiger partial charge in [-0.3, -0.25) is 4.79 Å². The van der Waals surface area contributed by atoms with E-state index in [-0.39, 0.29) is 17.6 Å². The number of Topliss-reactive ketones (excluding diaryl/α,β-unsaturated/α-hetero) is 1. The number of ketones is 1. The van der Waals surface area contributed by atoms with E-state index in [1.54, 1.807) is 0 Å². The molecule has 0 spiro atoms. The van der Waals surface area contributed by atoms with Crippen molar-refractivity contribution < 1.29 is 14.3 Å². The first-order valence-electron chi connectivity index (χ1n) is 6.26. The van der Waals surface area contributed by atoms with E-state index >= 15 is 0 Å². The highest BCUT2D eigenvalue weighted by atomic mass is 16.6. The molecule has 4 heteroatoms. The molecule has 0 bridgehead atoms. The molecule has 1 aliphatic rings. The number of amides is 1. The summed E-state index contributed by atoms with van der Waals surface area (Å²) in [5, 5.41) is 2.69. The van der Waals surface area contributed by atoms with Gasteiger partial charge in [-0.25, -0.2) is 4.79 Å². The Kier molecular flexibility index (Phi) is 4.77. The summed E-state index contributed by atoms with van der Waals surface area (Å²) in [6.45, 7) is 5.95. The number of carbonyl (C=O) groups is 2. The summed E-state index contributed by atoms with van der Waals surface area (Å²) in [4.78, 5) is 23.0. The van der Waals surface area contributed by atoms with Crippen molar-refractivity contribution in [2.24, 2.45) is 11.8 Å². The topological polar surface area (TPSA) is 55.4 Å². The molecule has 0 aliphatic heterocycles. The SMILES string of the molecule is C#CCCC(=O)[C@H]1C[C@H]1CNC(=O)OC(C)(C)C. The standard InChI is InChI=1S/C14H21NO3/c1-5-6-7-12(16)11-8-10(11)9-15-13(17)18-14(2,3)4/h1,10-11H,6-9H2,2-4H3,(H,15,17)/t10-,11-/m0/s1. The second kappa shape index (κ2) is 5.90. The predicted octanol–water partition coefficient (Wildman–Crippen LogP) is 2.13. The van der Waals surface area contributed by atoms with Crippen molar-refractivity contribution >= 4 is 11.9 Å². The van der Waals surface area contributed by atoms with E-state index in [4.69, 9.17) is 11.2 Å². The number of ether oxygens (including phenoxy) is 1. The van der Waals surface area contributed by atoms with Crippen LogP contribution in [-0.2, 0) is 9.53 Å². The number of hydrogen-bond donors (Lipinski definition) is 1. The van der Waals surface area contributed by atoms with Gasteiger partial charge in [0.25, 0.3) is 0 Å². The number of terminal acetylenes is 1. The van der Waals surface area contributed by atoms with Gasteiger partial charge < -0.3 is 10.1 Å². The summed E-state index contributed by atoms with van der Waals surface area (Å²) in [5.74, 6) is 3.00. The lowest BCUT2D eigenvalue weighted by molar-refractivity contribution is -0.120. The maximum atomic E-state index is 11.6. The molecule has 2 atom stereocenters. The molecule has 1 saturated carbocycles. The molecular formula is C14H21NO3. The number of rotatable bonds is 5. The highest BCUT2D eigenvalue weighted by Gasteiger charge is 2.42. The Morgan fingerprint density at radius 2 is 2.11 bits per heavy atom. The first-order valence-corrected chi connectivity index (χ1v) is 6.26. The third kappa shape index (κ3) is 5.22. The molecular weight excluding hydrogens is 230 g/mol. The maximum absolute atomic E-state index is 11.6. The van der Waals surface area contributed by atoms with Crippen molar-refractivity contribution in [3.05, 3.63) is 0 Å². The number of hydrogen-bond acceptors (Lipinski definition) is 3. The number of alkyl carbamates (subject to hydrolysis) is 1. The Labute approximate surface area is 108 Å². The molecule has 1 amide bonds. The lowest BCUT2D eigenvalue weighted by Gasteiger charge is -2.19. The van der Waals surface area contributed by atoms with Crippen molar-refractivity contribution in [3.8, 4) is 12.3 Å². The van der Waals surface area contributed by atoms with E-state index in [1.165, 1.54) is 0 Å². The van der Waals surface area contributed by atoms with E-state index in [9.17, 15) is 9.59 Å². The summed E-state index contributed by atoms with van der Waals surface area (Å²) in [6, 6.07) is 0. The number of nitrogens with one attached hydrogen (secondary N) is 1. The van der Waals surface area contributed by atoms with Gasteiger partial charge in [-0.15, -0.1) is 12.3 Å². The zero-order valence-electron chi connectivity index (χ0n) is 11.3. The molecule has 0 aromatic rings. The minimum atomic E-state index is -0.490. The Hall–Kier alpha value is -1.50. The summed E-state index contributed by atoms with van der Waals surface area (Å²) < 4.78 is 5.11. The highest BCUT2D eigenvalue weighted by Crippen LogP contribution is 2.39. The van der Waals surface area contributed by atoms with E-state index in [2.05, 4.69) is 11.2 Å². The molecule has 1 rings (SSSR count). The fraction of sp³-hybridized carbons (Fsp3) is 0.714. The van der Waals surface area contributed by atoms with Crippen LogP contribution in [0.15, 0.2) is 0 Å². The van der Waals surface area contributed by atoms with Gasteiger partial charge in [-0.2, -0.15) is 0 Å². The summed E-state index contributed by atoms with van der Waals surface area (Å²) >= 11 is 0. The van der Waals surface area contributed by atoms with Gasteiger partial charge in [0.2, 0.25) is 0 Å². The van der Waals surface area contributed by atoms with Crippen molar-refractivity contribution in [1.29, 1.82) is 0 Å². The molecule has 0 saturated heterocycles. The van der Waals surface area contributed by atoms with Crippen LogP contribution in [0.25, 0.3) is 0 Å². The fourth-order valence-electron chi connectivity index (χ4n) is 1.78. The predicted molar refractivity (Wildman–Crippen MR) is 68.9 cm³/mol. The van der Waals surface area contributed by atoms with Crippen LogP contribution in [-0.4, -0.2) is 24.0 Å². The van der Waals surface area contributed by atoms with Gasteiger partial charge in [0.05, 0.1) is 0 Å². The summed E-state index contributed by atoms with van der Waals surface area (Å²) in [6.07, 6.45) is 6.48. The molecule has 0 radical (unpaired) electrons. The Morgan fingerprint density at radius 3 is 2.67 bits per heavy atom. The van der Waals surface area contributed by atoms with Crippen LogP contribution in [0, 0.1) is 24.2 Å². The van der Waals surface area contributed by atoms with Crippen LogP contribution in [0.2, 0.25) is 0 Å². The molecule has 0 aromatic carbocycles. The van der Waals surface area contributed by atoms with Gasteiger partial charge in [0, 0.05) is 25.3 Å². The van der Waals surface area contributed by atoms with Crippen LogP contribution in [0.3, 0.4) is 0 Å². The van der Waals surface area contributed by atoms with Gasteiger partial charge in [0.1, 0.15) is 11.4 Å². The van der Waals surface area contributed by atoms with Crippen LogP contribution >= 0.6 is 0 Å². The first-order chi connectivity index (χ1) is 8.33. The van der Waals surface area contributed by atoms with Crippen LogP contribution in [0.5, 0.6) is 0 Å². The first kappa shape index (κ1) is 14.6. The summed E-state index contributed by atoms with van der Waals surface area (Å²) in [5.41, 5.74) is -0.490. The quantitative estimate of drug-likeness (QED) is 0.761. The molecule has 1 fully saturated rings. The maximum Gasteiger partial charge on any atom is 0.407 e. The van der Waals surface area contributed by atoms with Gasteiger partial charge in [-0.1, -0.05) is 0 Å². The van der Waals surface area contributed by atoms with E-state index in [1.807, 2.05) is 20.8 Å². The molecule has 1 N–H and O–H groups in total. The Bertz CT molecular complexity index is 362. The lowest BCUT2D eigenvalue weighted by atomic mass is 10.1. The molecule has 100 valence electrons. The van der Waals surface area contributed by atoms with Crippen molar-refractivity contribution in [2.75, 3.05) is 6.54 Å². The molecule has 1 aliphatic carbocycles. The highest BCUT2D eigenvalue weighted by molar-refractivity contribution is 5.84. The monoisotopic (exact) mass is 251 g/mol. The van der Waals surface area contributed by atoms with E-state index in [0.717, 1.165) is 6.42 Å². The average molecular weight is 251 g/mol. The van der Waals surface area contributed by atoms with E-state index in [0.29, 0.717) is 19.4 Å². The minimum Gasteiger partial charge on any atom is -0.444 e. The second-order valence-electron chi connectivity index (χ2n) is 5.66. The smallest absolute Gasteiger partial charge is 0.407 e. The molecule has 4 nitrogen and oxygen atoms in total. The van der Waals surface area contributed by atoms with E-state index < -0.39 is 11.7 Å². The third-order valence-corrected chi connectivity index (χ3v) is 2.76. The van der Waals surface area contributed by atoms with Crippen LogP contribution in [0.4, 0.5) is 4.79 Å². The normalized spacial score (nSPS) is 21.9. The minimum absolute atomic E-state index is 0.0771. The van der Waals surface area contributed by atoms with Gasteiger partial charge in [-0.05, 0) is 33.1 Å². The molecule has 0 aromatic heterocycles.